The first-order valence-electron chi connectivity index (χ1n) is 7.51. The van der Waals surface area contributed by atoms with Crippen molar-refractivity contribution in [2.45, 2.75) is 25.6 Å². The number of rotatable bonds is 4. The number of benzene rings is 2. The molecule has 1 aliphatic heterocycles. The van der Waals surface area contributed by atoms with Gasteiger partial charge in [-0.1, -0.05) is 36.4 Å². The van der Waals surface area contributed by atoms with Crippen LogP contribution >= 0.6 is 0 Å². The molecule has 3 nitrogen and oxygen atoms in total. The van der Waals surface area contributed by atoms with Crippen LogP contribution in [-0.2, 0) is 13.1 Å². The molecule has 1 heterocycles. The van der Waals surface area contributed by atoms with Crippen LogP contribution in [0.25, 0.3) is 0 Å². The summed E-state index contributed by atoms with van der Waals surface area (Å²) in [7, 11) is 1.70. The van der Waals surface area contributed by atoms with Gasteiger partial charge >= 0.3 is 0 Å². The SMILES string of the molecule is COc1ccc(CNC2CCNCc3ccccc32)cc1. The molecule has 1 unspecified atom stereocenters. The molecule has 0 fully saturated rings. The van der Waals surface area contributed by atoms with Crippen molar-refractivity contribution < 1.29 is 4.74 Å². The molecule has 21 heavy (non-hydrogen) atoms. The Morgan fingerprint density at radius 3 is 2.76 bits per heavy atom. The number of fused-ring (bicyclic) bond motifs is 1. The first-order chi connectivity index (χ1) is 10.4. The van der Waals surface area contributed by atoms with Crippen LogP contribution in [0.15, 0.2) is 48.5 Å². The number of hydrogen-bond donors (Lipinski definition) is 2. The quantitative estimate of drug-likeness (QED) is 0.904. The van der Waals surface area contributed by atoms with Crippen LogP contribution in [0.3, 0.4) is 0 Å². The maximum atomic E-state index is 5.20. The number of ether oxygens (including phenoxy) is 1. The predicted octanol–water partition coefficient (Wildman–Crippen LogP) is 3.02. The van der Waals surface area contributed by atoms with E-state index in [1.54, 1.807) is 7.11 Å². The lowest BCUT2D eigenvalue weighted by Crippen LogP contribution is -2.22. The highest BCUT2D eigenvalue weighted by Crippen LogP contribution is 2.24. The van der Waals surface area contributed by atoms with Crippen molar-refractivity contribution in [1.29, 1.82) is 0 Å². The fraction of sp³-hybridized carbons (Fsp3) is 0.333. The topological polar surface area (TPSA) is 33.3 Å². The van der Waals surface area contributed by atoms with E-state index in [2.05, 4.69) is 47.0 Å². The van der Waals surface area contributed by atoms with Crippen LogP contribution < -0.4 is 15.4 Å². The van der Waals surface area contributed by atoms with Gasteiger partial charge in [-0.05, 0) is 41.8 Å². The second-order valence-corrected chi connectivity index (χ2v) is 5.45. The monoisotopic (exact) mass is 282 g/mol. The minimum Gasteiger partial charge on any atom is -0.497 e. The number of nitrogens with one attached hydrogen (secondary N) is 2. The molecule has 110 valence electrons. The van der Waals surface area contributed by atoms with E-state index in [9.17, 15) is 0 Å². The molecule has 0 bridgehead atoms. The van der Waals surface area contributed by atoms with Gasteiger partial charge in [-0.3, -0.25) is 0 Å². The highest BCUT2D eigenvalue weighted by molar-refractivity contribution is 5.31. The number of hydrogen-bond acceptors (Lipinski definition) is 3. The molecule has 0 aliphatic carbocycles. The van der Waals surface area contributed by atoms with Gasteiger partial charge in [0.05, 0.1) is 7.11 Å². The molecule has 1 aliphatic rings. The average Bonchev–Trinajstić information content (AvgIpc) is 2.76. The second-order valence-electron chi connectivity index (χ2n) is 5.45. The lowest BCUT2D eigenvalue weighted by Gasteiger charge is -2.19. The van der Waals surface area contributed by atoms with Gasteiger partial charge in [0.1, 0.15) is 5.75 Å². The van der Waals surface area contributed by atoms with E-state index in [1.165, 1.54) is 16.7 Å². The average molecular weight is 282 g/mol. The normalized spacial score (nSPS) is 17.9. The first kappa shape index (κ1) is 14.1. The molecular weight excluding hydrogens is 260 g/mol. The Labute approximate surface area is 126 Å². The highest BCUT2D eigenvalue weighted by Gasteiger charge is 2.17. The molecule has 0 aromatic heterocycles. The van der Waals surface area contributed by atoms with Gasteiger partial charge in [-0.25, -0.2) is 0 Å². The molecule has 0 saturated heterocycles. The summed E-state index contributed by atoms with van der Waals surface area (Å²) in [4.78, 5) is 0. The summed E-state index contributed by atoms with van der Waals surface area (Å²) in [5.41, 5.74) is 4.11. The van der Waals surface area contributed by atoms with Crippen molar-refractivity contribution in [3.05, 3.63) is 65.2 Å². The Morgan fingerprint density at radius 2 is 1.95 bits per heavy atom. The predicted molar refractivity (Wildman–Crippen MR) is 85.3 cm³/mol. The lowest BCUT2D eigenvalue weighted by atomic mass is 9.99. The van der Waals surface area contributed by atoms with Gasteiger partial charge in [0, 0.05) is 19.1 Å². The molecule has 0 saturated carbocycles. The highest BCUT2D eigenvalue weighted by atomic mass is 16.5. The van der Waals surface area contributed by atoms with Gasteiger partial charge < -0.3 is 15.4 Å². The van der Waals surface area contributed by atoms with E-state index < -0.39 is 0 Å². The van der Waals surface area contributed by atoms with E-state index in [0.717, 1.165) is 31.8 Å². The molecule has 0 amide bonds. The van der Waals surface area contributed by atoms with Gasteiger partial charge in [-0.2, -0.15) is 0 Å². The van der Waals surface area contributed by atoms with E-state index in [-0.39, 0.29) is 0 Å². The van der Waals surface area contributed by atoms with E-state index in [1.807, 2.05) is 12.1 Å². The smallest absolute Gasteiger partial charge is 0.118 e. The summed E-state index contributed by atoms with van der Waals surface area (Å²) in [6.07, 6.45) is 1.12. The Morgan fingerprint density at radius 1 is 1.14 bits per heavy atom. The van der Waals surface area contributed by atoms with E-state index >= 15 is 0 Å². The van der Waals surface area contributed by atoms with Gasteiger partial charge in [0.15, 0.2) is 0 Å². The molecule has 2 N–H and O–H groups in total. The van der Waals surface area contributed by atoms with Gasteiger partial charge in [0.25, 0.3) is 0 Å². The fourth-order valence-electron chi connectivity index (χ4n) is 2.86. The molecule has 3 rings (SSSR count). The zero-order valence-electron chi connectivity index (χ0n) is 12.4. The molecule has 1 atom stereocenters. The minimum atomic E-state index is 0.415. The molecule has 0 radical (unpaired) electrons. The van der Waals surface area contributed by atoms with Crippen LogP contribution in [0.2, 0.25) is 0 Å². The second kappa shape index (κ2) is 6.74. The summed E-state index contributed by atoms with van der Waals surface area (Å²) in [6, 6.07) is 17.4. The third-order valence-electron chi connectivity index (χ3n) is 4.07. The third-order valence-corrected chi connectivity index (χ3v) is 4.07. The molecule has 0 spiro atoms. The Balaban J connectivity index is 1.69. The molecule has 3 heteroatoms. The van der Waals surface area contributed by atoms with Crippen LogP contribution in [0.5, 0.6) is 5.75 Å². The van der Waals surface area contributed by atoms with E-state index in [0.29, 0.717) is 6.04 Å². The zero-order chi connectivity index (χ0) is 14.5. The van der Waals surface area contributed by atoms with Crippen LogP contribution in [0, 0.1) is 0 Å². The molecule has 2 aromatic rings. The fourth-order valence-corrected chi connectivity index (χ4v) is 2.86. The summed E-state index contributed by atoms with van der Waals surface area (Å²) < 4.78 is 5.20. The van der Waals surface area contributed by atoms with Crippen molar-refractivity contribution in [3.63, 3.8) is 0 Å². The summed E-state index contributed by atoms with van der Waals surface area (Å²) in [5.74, 6) is 0.905. The standard InChI is InChI=1S/C18H22N2O/c1-21-16-8-6-14(7-9-16)12-20-18-10-11-19-13-15-4-2-3-5-17(15)18/h2-9,18-20H,10-13H2,1H3. The Bertz CT molecular complexity index is 580. The van der Waals surface area contributed by atoms with Crippen LogP contribution in [0.4, 0.5) is 0 Å². The Kier molecular flexibility index (Phi) is 4.53. The number of methoxy groups -OCH3 is 1. The summed E-state index contributed by atoms with van der Waals surface area (Å²) in [5, 5.41) is 7.18. The molecular formula is C18H22N2O. The zero-order valence-corrected chi connectivity index (χ0v) is 12.4. The van der Waals surface area contributed by atoms with Crippen molar-refractivity contribution in [2.24, 2.45) is 0 Å². The third kappa shape index (κ3) is 3.43. The Hall–Kier alpha value is -1.84. The minimum absolute atomic E-state index is 0.415. The maximum absolute atomic E-state index is 5.20. The van der Waals surface area contributed by atoms with Crippen molar-refractivity contribution >= 4 is 0 Å². The van der Waals surface area contributed by atoms with Crippen LogP contribution in [-0.4, -0.2) is 13.7 Å². The first-order valence-corrected chi connectivity index (χ1v) is 7.51. The maximum Gasteiger partial charge on any atom is 0.118 e. The van der Waals surface area contributed by atoms with Crippen molar-refractivity contribution in [2.75, 3.05) is 13.7 Å². The van der Waals surface area contributed by atoms with Crippen molar-refractivity contribution in [1.82, 2.24) is 10.6 Å². The van der Waals surface area contributed by atoms with Crippen molar-refractivity contribution in [3.8, 4) is 5.75 Å². The van der Waals surface area contributed by atoms with Gasteiger partial charge in [-0.15, -0.1) is 0 Å². The van der Waals surface area contributed by atoms with Crippen LogP contribution in [0.1, 0.15) is 29.2 Å². The largest absolute Gasteiger partial charge is 0.497 e. The molecule has 2 aromatic carbocycles. The summed E-state index contributed by atoms with van der Waals surface area (Å²) >= 11 is 0. The summed E-state index contributed by atoms with van der Waals surface area (Å²) in [6.45, 7) is 2.90. The van der Waals surface area contributed by atoms with E-state index in [4.69, 9.17) is 4.74 Å². The van der Waals surface area contributed by atoms with Gasteiger partial charge in [0.2, 0.25) is 0 Å². The lowest BCUT2D eigenvalue weighted by molar-refractivity contribution is 0.414.